The second-order valence-electron chi connectivity index (χ2n) is 5.82. The number of methoxy groups -OCH3 is 1. The fraction of sp³-hybridized carbons (Fsp3) is 0.625. The van der Waals surface area contributed by atoms with Gasteiger partial charge in [-0.3, -0.25) is 0 Å². The van der Waals surface area contributed by atoms with Crippen LogP contribution in [-0.2, 0) is 9.47 Å². The quantitative estimate of drug-likeness (QED) is 0.923. The zero-order valence-corrected chi connectivity index (χ0v) is 12.6. The van der Waals surface area contributed by atoms with Crippen LogP contribution in [0.3, 0.4) is 0 Å². The minimum atomic E-state index is -0.502. The van der Waals surface area contributed by atoms with Crippen LogP contribution in [0.1, 0.15) is 24.8 Å². The van der Waals surface area contributed by atoms with Crippen LogP contribution in [0.2, 0.25) is 0 Å². The maximum absolute atomic E-state index is 6.22. The van der Waals surface area contributed by atoms with Gasteiger partial charge in [0.25, 0.3) is 0 Å². The summed E-state index contributed by atoms with van der Waals surface area (Å²) in [5.41, 5.74) is 7.35. The molecule has 3 rings (SSSR count). The molecule has 5 nitrogen and oxygen atoms in total. The van der Waals surface area contributed by atoms with Crippen molar-refractivity contribution in [2.45, 2.75) is 44.1 Å². The summed E-state index contributed by atoms with van der Waals surface area (Å²) in [5, 5.41) is 0. The van der Waals surface area contributed by atoms with Gasteiger partial charge >= 0.3 is 0 Å². The number of aryl methyl sites for hydroxylation is 1. The summed E-state index contributed by atoms with van der Waals surface area (Å²) in [6.07, 6.45) is 2.19. The summed E-state index contributed by atoms with van der Waals surface area (Å²) in [7, 11) is 1.65. The number of rotatable bonds is 3. The van der Waals surface area contributed by atoms with Gasteiger partial charge in [-0.2, -0.15) is 0 Å². The van der Waals surface area contributed by atoms with Crippen molar-refractivity contribution >= 4 is 0 Å². The summed E-state index contributed by atoms with van der Waals surface area (Å²) < 4.78 is 23.1. The first kappa shape index (κ1) is 14.6. The second-order valence-corrected chi connectivity index (χ2v) is 5.82. The molecule has 1 heterocycles. The lowest BCUT2D eigenvalue weighted by Gasteiger charge is -2.39. The smallest absolute Gasteiger partial charge is 0.172 e. The van der Waals surface area contributed by atoms with E-state index in [1.165, 1.54) is 0 Å². The molecule has 2 unspecified atom stereocenters. The Labute approximate surface area is 125 Å². The Morgan fingerprint density at radius 3 is 2.71 bits per heavy atom. The first-order valence-corrected chi connectivity index (χ1v) is 7.47. The monoisotopic (exact) mass is 293 g/mol. The highest BCUT2D eigenvalue weighted by atomic mass is 16.7. The zero-order valence-electron chi connectivity index (χ0n) is 12.6. The Kier molecular flexibility index (Phi) is 4.06. The lowest BCUT2D eigenvalue weighted by atomic mass is 9.88. The molecule has 0 radical (unpaired) electrons. The molecular formula is C16H23NO4. The van der Waals surface area contributed by atoms with Crippen LogP contribution >= 0.6 is 0 Å². The molecule has 0 bridgehead atoms. The normalized spacial score (nSPS) is 27.8. The van der Waals surface area contributed by atoms with Crippen molar-refractivity contribution in [3.05, 3.63) is 23.8 Å². The highest BCUT2D eigenvalue weighted by Crippen LogP contribution is 2.38. The van der Waals surface area contributed by atoms with E-state index in [0.29, 0.717) is 19.6 Å². The minimum Gasteiger partial charge on any atom is -0.493 e. The van der Waals surface area contributed by atoms with E-state index >= 15 is 0 Å². The maximum Gasteiger partial charge on any atom is 0.172 e. The summed E-state index contributed by atoms with van der Waals surface area (Å²) in [6.45, 7) is 3.32. The zero-order chi connectivity index (χ0) is 14.9. The van der Waals surface area contributed by atoms with Crippen LogP contribution in [0.15, 0.2) is 18.2 Å². The van der Waals surface area contributed by atoms with Gasteiger partial charge in [-0.05, 0) is 31.0 Å². The van der Waals surface area contributed by atoms with E-state index in [-0.39, 0.29) is 12.1 Å². The predicted octanol–water partition coefficient (Wildman–Crippen LogP) is 2.01. The van der Waals surface area contributed by atoms with Crippen LogP contribution in [0.25, 0.3) is 0 Å². The van der Waals surface area contributed by atoms with Gasteiger partial charge < -0.3 is 24.7 Å². The van der Waals surface area contributed by atoms with Crippen molar-refractivity contribution in [3.8, 4) is 11.5 Å². The molecule has 1 aliphatic heterocycles. The molecule has 116 valence electrons. The number of ether oxygens (including phenoxy) is 4. The molecule has 21 heavy (non-hydrogen) atoms. The van der Waals surface area contributed by atoms with E-state index in [4.69, 9.17) is 24.7 Å². The Balaban J connectivity index is 1.76. The van der Waals surface area contributed by atoms with Gasteiger partial charge in [0.2, 0.25) is 0 Å². The van der Waals surface area contributed by atoms with Gasteiger partial charge in [-0.15, -0.1) is 0 Å². The Morgan fingerprint density at radius 2 is 2.00 bits per heavy atom. The van der Waals surface area contributed by atoms with Crippen molar-refractivity contribution in [1.82, 2.24) is 0 Å². The van der Waals surface area contributed by atoms with E-state index in [2.05, 4.69) is 0 Å². The van der Waals surface area contributed by atoms with Crippen molar-refractivity contribution in [3.63, 3.8) is 0 Å². The van der Waals surface area contributed by atoms with E-state index in [1.807, 2.05) is 25.1 Å². The number of nitrogens with two attached hydrogens (primary N) is 1. The van der Waals surface area contributed by atoms with Gasteiger partial charge in [-0.1, -0.05) is 6.07 Å². The lowest BCUT2D eigenvalue weighted by Crippen LogP contribution is -2.51. The van der Waals surface area contributed by atoms with Crippen molar-refractivity contribution in [2.24, 2.45) is 5.73 Å². The molecule has 1 aromatic rings. The van der Waals surface area contributed by atoms with Gasteiger partial charge in [0.05, 0.1) is 20.3 Å². The third-order valence-corrected chi connectivity index (χ3v) is 4.26. The number of benzene rings is 1. The fourth-order valence-corrected chi connectivity index (χ4v) is 3.06. The molecule has 1 aliphatic carbocycles. The predicted molar refractivity (Wildman–Crippen MR) is 78.6 cm³/mol. The van der Waals surface area contributed by atoms with Crippen LogP contribution in [0, 0.1) is 6.92 Å². The molecule has 1 spiro atoms. The Bertz CT molecular complexity index is 499. The molecule has 2 aliphatic rings. The standard InChI is InChI=1S/C16H23NO4/c1-11-3-4-13(14(9-11)18-2)21-15-10-16(6-5-12(15)17)19-7-8-20-16/h3-4,9,12,15H,5-8,10,17H2,1-2H3. The SMILES string of the molecule is COc1cc(C)ccc1OC1CC2(CCC1N)OCCO2. The van der Waals surface area contributed by atoms with Gasteiger partial charge in [0.1, 0.15) is 6.10 Å². The first-order chi connectivity index (χ1) is 10.1. The van der Waals surface area contributed by atoms with Gasteiger partial charge in [-0.25, -0.2) is 0 Å². The molecule has 1 saturated heterocycles. The molecule has 2 N–H and O–H groups in total. The summed E-state index contributed by atoms with van der Waals surface area (Å²) in [5.74, 6) is 0.951. The third-order valence-electron chi connectivity index (χ3n) is 4.26. The maximum atomic E-state index is 6.22. The van der Waals surface area contributed by atoms with Crippen LogP contribution in [0.4, 0.5) is 0 Å². The van der Waals surface area contributed by atoms with Crippen LogP contribution in [0.5, 0.6) is 11.5 Å². The van der Waals surface area contributed by atoms with Crippen molar-refractivity contribution < 1.29 is 18.9 Å². The highest BCUT2D eigenvalue weighted by Gasteiger charge is 2.45. The molecule has 1 saturated carbocycles. The third kappa shape index (κ3) is 3.00. The average Bonchev–Trinajstić information content (AvgIpc) is 2.93. The largest absolute Gasteiger partial charge is 0.493 e. The number of hydrogen-bond donors (Lipinski definition) is 1. The van der Waals surface area contributed by atoms with Gasteiger partial charge in [0.15, 0.2) is 17.3 Å². The minimum absolute atomic E-state index is 0.0190. The molecule has 2 fully saturated rings. The molecule has 0 aromatic heterocycles. The molecule has 0 amide bonds. The van der Waals surface area contributed by atoms with Gasteiger partial charge in [0, 0.05) is 18.9 Å². The molecular weight excluding hydrogens is 270 g/mol. The molecule has 1 aromatic carbocycles. The first-order valence-electron chi connectivity index (χ1n) is 7.47. The number of hydrogen-bond acceptors (Lipinski definition) is 5. The molecule has 5 heteroatoms. The summed E-state index contributed by atoms with van der Waals surface area (Å²) in [6, 6.07) is 5.87. The fourth-order valence-electron chi connectivity index (χ4n) is 3.06. The van der Waals surface area contributed by atoms with E-state index < -0.39 is 5.79 Å². The van der Waals surface area contributed by atoms with Crippen LogP contribution in [-0.4, -0.2) is 38.3 Å². The van der Waals surface area contributed by atoms with E-state index in [0.717, 1.165) is 29.9 Å². The average molecular weight is 293 g/mol. The summed E-state index contributed by atoms with van der Waals surface area (Å²) in [4.78, 5) is 0. The van der Waals surface area contributed by atoms with E-state index in [9.17, 15) is 0 Å². The van der Waals surface area contributed by atoms with Crippen molar-refractivity contribution in [1.29, 1.82) is 0 Å². The second kappa shape index (κ2) is 5.83. The topological polar surface area (TPSA) is 62.9 Å². The highest BCUT2D eigenvalue weighted by molar-refractivity contribution is 5.42. The van der Waals surface area contributed by atoms with Crippen LogP contribution < -0.4 is 15.2 Å². The Morgan fingerprint density at radius 1 is 1.24 bits per heavy atom. The molecule has 2 atom stereocenters. The van der Waals surface area contributed by atoms with E-state index in [1.54, 1.807) is 7.11 Å². The summed E-state index contributed by atoms with van der Waals surface area (Å²) >= 11 is 0. The Hall–Kier alpha value is -1.30. The lowest BCUT2D eigenvalue weighted by molar-refractivity contribution is -0.195. The van der Waals surface area contributed by atoms with Crippen molar-refractivity contribution in [2.75, 3.05) is 20.3 Å².